The Morgan fingerprint density at radius 2 is 1.75 bits per heavy atom. The van der Waals surface area contributed by atoms with Crippen LogP contribution in [0.25, 0.3) is 0 Å². The average molecular weight is 224 g/mol. The minimum Gasteiger partial charge on any atom is -0.316 e. The van der Waals surface area contributed by atoms with Gasteiger partial charge in [0.05, 0.1) is 0 Å². The lowest BCUT2D eigenvalue weighted by Crippen LogP contribution is -2.45. The predicted molar refractivity (Wildman–Crippen MR) is 69.6 cm³/mol. The smallest absolute Gasteiger partial charge is 0.00955 e. The van der Waals surface area contributed by atoms with Crippen LogP contribution in [-0.2, 0) is 0 Å². The zero-order valence-corrected chi connectivity index (χ0v) is 11.0. The van der Waals surface area contributed by atoms with Crippen molar-refractivity contribution in [1.82, 2.24) is 10.2 Å². The Balaban J connectivity index is 1.85. The van der Waals surface area contributed by atoms with Crippen molar-refractivity contribution in [3.8, 4) is 0 Å². The van der Waals surface area contributed by atoms with Gasteiger partial charge < -0.3 is 10.2 Å². The minimum absolute atomic E-state index is 0.819. The molecule has 0 spiro atoms. The van der Waals surface area contributed by atoms with Crippen LogP contribution in [0.15, 0.2) is 0 Å². The highest BCUT2D eigenvalue weighted by Crippen LogP contribution is 2.27. The van der Waals surface area contributed by atoms with Crippen LogP contribution >= 0.6 is 0 Å². The van der Waals surface area contributed by atoms with Crippen LogP contribution in [0.1, 0.15) is 46.0 Å². The largest absolute Gasteiger partial charge is 0.316 e. The Morgan fingerprint density at radius 3 is 2.50 bits per heavy atom. The van der Waals surface area contributed by atoms with Gasteiger partial charge in [0.15, 0.2) is 0 Å². The van der Waals surface area contributed by atoms with Crippen LogP contribution in [0.4, 0.5) is 0 Å². The summed E-state index contributed by atoms with van der Waals surface area (Å²) in [5.41, 5.74) is 0. The first kappa shape index (κ1) is 12.4. The first-order valence-electron chi connectivity index (χ1n) is 7.20. The van der Waals surface area contributed by atoms with Gasteiger partial charge in [0.25, 0.3) is 0 Å². The molecule has 1 aliphatic heterocycles. The topological polar surface area (TPSA) is 15.3 Å². The number of hydrogen-bond donors (Lipinski definition) is 1. The van der Waals surface area contributed by atoms with Gasteiger partial charge in [-0.25, -0.2) is 0 Å². The molecule has 1 heterocycles. The van der Waals surface area contributed by atoms with E-state index in [9.17, 15) is 0 Å². The van der Waals surface area contributed by atoms with Crippen LogP contribution in [0.3, 0.4) is 0 Å². The molecule has 1 aliphatic carbocycles. The molecule has 0 aromatic carbocycles. The van der Waals surface area contributed by atoms with Crippen molar-refractivity contribution in [2.24, 2.45) is 11.8 Å². The number of nitrogens with one attached hydrogen (secondary N) is 1. The van der Waals surface area contributed by atoms with Crippen molar-refractivity contribution in [2.75, 3.05) is 26.2 Å². The highest BCUT2D eigenvalue weighted by atomic mass is 15.2. The Bertz CT molecular complexity index is 197. The highest BCUT2D eigenvalue weighted by Gasteiger charge is 2.25. The third-order valence-electron chi connectivity index (χ3n) is 4.34. The van der Waals surface area contributed by atoms with Crippen molar-refractivity contribution in [1.29, 1.82) is 0 Å². The van der Waals surface area contributed by atoms with Gasteiger partial charge in [0.1, 0.15) is 0 Å². The molecular formula is C14H28N2. The van der Waals surface area contributed by atoms with Gasteiger partial charge in [-0.2, -0.15) is 0 Å². The third kappa shape index (κ3) is 3.46. The van der Waals surface area contributed by atoms with E-state index in [1.807, 2.05) is 0 Å². The van der Waals surface area contributed by atoms with E-state index in [2.05, 4.69) is 24.1 Å². The summed E-state index contributed by atoms with van der Waals surface area (Å²) in [6.45, 7) is 9.85. The van der Waals surface area contributed by atoms with E-state index < -0.39 is 0 Å². The normalized spacial score (nSPS) is 39.0. The zero-order chi connectivity index (χ0) is 11.4. The standard InChI is InChI=1S/C14H28N2/c1-12-4-6-14(7-5-12)16-9-3-8-15-10-13(2)11-16/h12-15H,3-11H2,1-2H3. The molecule has 1 atom stereocenters. The summed E-state index contributed by atoms with van der Waals surface area (Å²) >= 11 is 0. The fourth-order valence-electron chi connectivity index (χ4n) is 3.25. The van der Waals surface area contributed by atoms with Crippen LogP contribution in [0.2, 0.25) is 0 Å². The summed E-state index contributed by atoms with van der Waals surface area (Å²) in [6, 6.07) is 0.900. The van der Waals surface area contributed by atoms with E-state index in [0.717, 1.165) is 17.9 Å². The molecule has 1 saturated heterocycles. The van der Waals surface area contributed by atoms with E-state index in [-0.39, 0.29) is 0 Å². The second-order valence-corrected chi connectivity index (χ2v) is 6.07. The summed E-state index contributed by atoms with van der Waals surface area (Å²) in [6.07, 6.45) is 7.13. The van der Waals surface area contributed by atoms with Gasteiger partial charge in [-0.3, -0.25) is 0 Å². The number of rotatable bonds is 1. The Labute approximate surface area is 101 Å². The van der Waals surface area contributed by atoms with Crippen molar-refractivity contribution in [2.45, 2.75) is 52.0 Å². The maximum absolute atomic E-state index is 3.54. The Kier molecular flexibility index (Phi) is 4.66. The second-order valence-electron chi connectivity index (χ2n) is 6.07. The van der Waals surface area contributed by atoms with Crippen LogP contribution < -0.4 is 5.32 Å². The molecule has 0 amide bonds. The lowest BCUT2D eigenvalue weighted by atomic mass is 9.86. The molecule has 1 unspecified atom stereocenters. The first-order chi connectivity index (χ1) is 7.75. The number of hydrogen-bond acceptors (Lipinski definition) is 2. The fourth-order valence-corrected chi connectivity index (χ4v) is 3.25. The molecule has 2 heteroatoms. The summed E-state index contributed by atoms with van der Waals surface area (Å²) < 4.78 is 0. The molecule has 1 N–H and O–H groups in total. The molecule has 1 saturated carbocycles. The fraction of sp³-hybridized carbons (Fsp3) is 1.00. The van der Waals surface area contributed by atoms with E-state index in [4.69, 9.17) is 0 Å². The number of nitrogens with zero attached hydrogens (tertiary/aromatic N) is 1. The van der Waals surface area contributed by atoms with Crippen molar-refractivity contribution in [3.05, 3.63) is 0 Å². The summed E-state index contributed by atoms with van der Waals surface area (Å²) in [4.78, 5) is 2.79. The van der Waals surface area contributed by atoms with Crippen molar-refractivity contribution >= 4 is 0 Å². The highest BCUT2D eigenvalue weighted by molar-refractivity contribution is 4.81. The van der Waals surface area contributed by atoms with Gasteiger partial charge in [-0.1, -0.05) is 13.8 Å². The molecule has 0 bridgehead atoms. The quantitative estimate of drug-likeness (QED) is 0.736. The molecule has 2 rings (SSSR count). The monoisotopic (exact) mass is 224 g/mol. The van der Waals surface area contributed by atoms with E-state index >= 15 is 0 Å². The predicted octanol–water partition coefficient (Wildman–Crippen LogP) is 2.50. The van der Waals surface area contributed by atoms with Gasteiger partial charge in [-0.15, -0.1) is 0 Å². The SMILES string of the molecule is CC1CCC(N2CCCNCC(C)C2)CC1. The minimum atomic E-state index is 0.819. The Hall–Kier alpha value is -0.0800. The zero-order valence-electron chi connectivity index (χ0n) is 11.0. The summed E-state index contributed by atoms with van der Waals surface area (Å²) in [5.74, 6) is 1.80. The van der Waals surface area contributed by atoms with Gasteiger partial charge >= 0.3 is 0 Å². The molecule has 16 heavy (non-hydrogen) atoms. The molecule has 94 valence electrons. The second kappa shape index (κ2) is 6.02. The van der Waals surface area contributed by atoms with Gasteiger partial charge in [-0.05, 0) is 63.6 Å². The van der Waals surface area contributed by atoms with Crippen molar-refractivity contribution in [3.63, 3.8) is 0 Å². The van der Waals surface area contributed by atoms with Crippen LogP contribution in [0.5, 0.6) is 0 Å². The molecule has 0 radical (unpaired) electrons. The van der Waals surface area contributed by atoms with Crippen LogP contribution in [-0.4, -0.2) is 37.1 Å². The van der Waals surface area contributed by atoms with Crippen molar-refractivity contribution < 1.29 is 0 Å². The molecule has 2 fully saturated rings. The van der Waals surface area contributed by atoms with E-state index in [1.54, 1.807) is 0 Å². The summed E-state index contributed by atoms with van der Waals surface area (Å²) in [5, 5.41) is 3.54. The summed E-state index contributed by atoms with van der Waals surface area (Å²) in [7, 11) is 0. The average Bonchev–Trinajstić information content (AvgIpc) is 2.24. The Morgan fingerprint density at radius 1 is 1.00 bits per heavy atom. The lowest BCUT2D eigenvalue weighted by molar-refractivity contribution is 0.114. The lowest BCUT2D eigenvalue weighted by Gasteiger charge is -2.38. The van der Waals surface area contributed by atoms with Gasteiger partial charge in [0.2, 0.25) is 0 Å². The molecule has 0 aromatic heterocycles. The molecule has 2 aliphatic rings. The van der Waals surface area contributed by atoms with Gasteiger partial charge in [0, 0.05) is 12.6 Å². The van der Waals surface area contributed by atoms with Crippen LogP contribution in [0, 0.1) is 11.8 Å². The maximum atomic E-state index is 3.54. The third-order valence-corrected chi connectivity index (χ3v) is 4.34. The first-order valence-corrected chi connectivity index (χ1v) is 7.20. The molecule has 0 aromatic rings. The maximum Gasteiger partial charge on any atom is 0.00955 e. The molecular weight excluding hydrogens is 196 g/mol. The molecule has 2 nitrogen and oxygen atoms in total. The van der Waals surface area contributed by atoms with E-state index in [1.165, 1.54) is 58.3 Å². The van der Waals surface area contributed by atoms with E-state index in [0.29, 0.717) is 0 Å².